The molecule has 3 saturated carbocycles. The molecule has 4 aliphatic rings. The van der Waals surface area contributed by atoms with Gasteiger partial charge < -0.3 is 14.1 Å². The van der Waals surface area contributed by atoms with Gasteiger partial charge in [-0.3, -0.25) is 4.79 Å². The van der Waals surface area contributed by atoms with Crippen LogP contribution in [0.3, 0.4) is 0 Å². The Morgan fingerprint density at radius 3 is 2.54 bits per heavy atom. The van der Waals surface area contributed by atoms with Crippen molar-refractivity contribution in [2.75, 3.05) is 41.0 Å². The lowest BCUT2D eigenvalue weighted by atomic mass is 9.48. The first-order valence-electron chi connectivity index (χ1n) is 13.6. The summed E-state index contributed by atoms with van der Waals surface area (Å²) >= 11 is 1.15. The molecule has 0 heterocycles. The Balaban J connectivity index is 1.38. The van der Waals surface area contributed by atoms with Gasteiger partial charge in [0.15, 0.2) is 0 Å². The SMILES string of the molecule is CCOCC(CO[P+]([O-])(O)S[C@H]1CC[C@@]2(C)C(=CC[C@@H]3[C@@H]2CC[C@]2(C)C(=O)CC[C@@H]32)C1)[N+](C)(C)C. The van der Waals surface area contributed by atoms with Crippen LogP contribution >= 0.6 is 18.5 Å². The van der Waals surface area contributed by atoms with Gasteiger partial charge in [-0.05, 0) is 75.0 Å². The van der Waals surface area contributed by atoms with Gasteiger partial charge >= 0.3 is 0 Å². The molecule has 0 aromatic carbocycles. The summed E-state index contributed by atoms with van der Waals surface area (Å²) in [6.07, 6.45) is 10.4. The van der Waals surface area contributed by atoms with E-state index in [1.165, 1.54) is 5.57 Å². The van der Waals surface area contributed by atoms with Crippen molar-refractivity contribution in [1.82, 2.24) is 0 Å². The Morgan fingerprint density at radius 2 is 1.86 bits per heavy atom. The summed E-state index contributed by atoms with van der Waals surface area (Å²) in [5.41, 5.74) is 1.55. The molecule has 0 amide bonds. The summed E-state index contributed by atoms with van der Waals surface area (Å²) in [4.78, 5) is 36.4. The number of hydrogen-bond acceptors (Lipinski definition) is 6. The summed E-state index contributed by atoms with van der Waals surface area (Å²) in [5, 5.41) is 0.109. The van der Waals surface area contributed by atoms with Crippen molar-refractivity contribution in [2.24, 2.45) is 28.6 Å². The number of fused-ring (bicyclic) bond motifs is 5. The number of nitrogens with zero attached hydrogens (tertiary/aromatic N) is 1. The first-order chi connectivity index (χ1) is 16.3. The van der Waals surface area contributed by atoms with E-state index in [1.54, 1.807) is 0 Å². The van der Waals surface area contributed by atoms with Gasteiger partial charge in [-0.2, -0.15) is 4.52 Å². The summed E-state index contributed by atoms with van der Waals surface area (Å²) in [6.45, 7) is 7.96. The number of allylic oxidation sites excluding steroid dienone is 2. The van der Waals surface area contributed by atoms with E-state index in [1.807, 2.05) is 6.92 Å². The van der Waals surface area contributed by atoms with E-state index in [-0.39, 0.29) is 28.7 Å². The largest absolute Gasteiger partial charge is 0.622 e. The zero-order chi connectivity index (χ0) is 25.6. The monoisotopic (exact) mass is 528 g/mol. The van der Waals surface area contributed by atoms with E-state index in [4.69, 9.17) is 9.26 Å². The zero-order valence-electron chi connectivity index (χ0n) is 22.6. The van der Waals surface area contributed by atoms with Crippen molar-refractivity contribution in [1.29, 1.82) is 0 Å². The van der Waals surface area contributed by atoms with Gasteiger partial charge in [0.25, 0.3) is 7.15 Å². The standard InChI is InChI=1S/C27H46NO5PS/c1-7-32-17-20(28(4,5)6)18-33-34(30,31)35-21-12-14-26(2)19(16-21)8-9-22-23-10-11-25(29)27(23,3)15-13-24(22)26/h8,20-24H,7,9-18H2,1-6H3/p+1/t20?,21-,22-,23-,24-,26-,27-/m0/s1. The molecule has 4 rings (SSSR count). The Morgan fingerprint density at radius 1 is 1.17 bits per heavy atom. The summed E-state index contributed by atoms with van der Waals surface area (Å²) in [7, 11) is 2.42. The summed E-state index contributed by atoms with van der Waals surface area (Å²) < 4.78 is 11.9. The van der Waals surface area contributed by atoms with Crippen LogP contribution < -0.4 is 4.89 Å². The first kappa shape index (κ1) is 28.0. The van der Waals surface area contributed by atoms with Crippen LogP contribution in [0.15, 0.2) is 11.6 Å². The van der Waals surface area contributed by atoms with Gasteiger partial charge in [-0.1, -0.05) is 25.5 Å². The Hall–Kier alpha value is -0.0100. The highest BCUT2D eigenvalue weighted by molar-refractivity contribution is 8.57. The molecule has 0 aliphatic heterocycles. The molecule has 6 nitrogen and oxygen atoms in total. The van der Waals surface area contributed by atoms with E-state index < -0.39 is 7.15 Å². The molecule has 200 valence electrons. The lowest BCUT2D eigenvalue weighted by Gasteiger charge is -2.57. The number of carbonyl (C=O) groups is 1. The van der Waals surface area contributed by atoms with Gasteiger partial charge in [0.05, 0.1) is 37.8 Å². The first-order valence-corrected chi connectivity index (χ1v) is 16.6. The third kappa shape index (κ3) is 5.57. The van der Waals surface area contributed by atoms with E-state index in [0.717, 1.165) is 62.7 Å². The third-order valence-electron chi connectivity index (χ3n) is 10.1. The number of ether oxygens (including phenoxy) is 1. The molecular formula is C27H47NO5PS+. The number of quaternary nitrogens is 1. The minimum absolute atomic E-state index is 0.00288. The Labute approximate surface area is 217 Å². The fourth-order valence-electron chi connectivity index (χ4n) is 7.64. The maximum Gasteiger partial charge on any atom is 0.295 e. The van der Waals surface area contributed by atoms with Crippen molar-refractivity contribution >= 4 is 24.3 Å². The Bertz CT molecular complexity index is 829. The molecule has 8 atom stereocenters. The van der Waals surface area contributed by atoms with Crippen LogP contribution in [0.5, 0.6) is 0 Å². The summed E-state index contributed by atoms with van der Waals surface area (Å²) in [6, 6.07) is 0.00288. The highest BCUT2D eigenvalue weighted by Gasteiger charge is 2.59. The van der Waals surface area contributed by atoms with Crippen LogP contribution in [-0.2, 0) is 14.1 Å². The number of carbonyl (C=O) groups excluding carboxylic acids is 1. The normalized spacial score (nSPS) is 39.8. The lowest BCUT2D eigenvalue weighted by molar-refractivity contribution is -0.896. The third-order valence-corrected chi connectivity index (χ3v) is 13.5. The highest BCUT2D eigenvalue weighted by atomic mass is 32.7. The average Bonchev–Trinajstić information content (AvgIpc) is 3.07. The highest BCUT2D eigenvalue weighted by Crippen LogP contribution is 2.68. The van der Waals surface area contributed by atoms with Gasteiger partial charge in [0.1, 0.15) is 25.0 Å². The average molecular weight is 529 g/mol. The molecule has 1 N–H and O–H groups in total. The number of rotatable bonds is 9. The van der Waals surface area contributed by atoms with E-state index >= 15 is 0 Å². The molecule has 0 spiro atoms. The molecule has 3 fully saturated rings. The second kappa shape index (κ2) is 10.3. The van der Waals surface area contributed by atoms with E-state index in [2.05, 4.69) is 41.1 Å². The molecule has 8 heteroatoms. The van der Waals surface area contributed by atoms with Crippen molar-refractivity contribution in [3.8, 4) is 0 Å². The Kier molecular flexibility index (Phi) is 8.23. The van der Waals surface area contributed by atoms with E-state index in [9.17, 15) is 14.6 Å². The molecular weight excluding hydrogens is 481 g/mol. The second-order valence-electron chi connectivity index (χ2n) is 12.8. The smallest absolute Gasteiger partial charge is 0.295 e. The number of likely N-dealkylation sites (N-methyl/N-ethyl adjacent to an activating group) is 1. The van der Waals surface area contributed by atoms with Crippen molar-refractivity contribution in [3.63, 3.8) is 0 Å². The van der Waals surface area contributed by atoms with Crippen LogP contribution in [0.2, 0.25) is 0 Å². The topological polar surface area (TPSA) is 78.8 Å². The van der Waals surface area contributed by atoms with Gasteiger partial charge in [-0.25, -0.2) is 4.89 Å². The molecule has 0 aromatic heterocycles. The molecule has 0 bridgehead atoms. The van der Waals surface area contributed by atoms with Crippen LogP contribution in [-0.4, -0.2) is 67.4 Å². The van der Waals surface area contributed by atoms with Gasteiger partial charge in [0.2, 0.25) is 0 Å². The summed E-state index contributed by atoms with van der Waals surface area (Å²) in [5.74, 6) is 2.28. The maximum atomic E-state index is 13.0. The molecule has 4 aliphatic carbocycles. The van der Waals surface area contributed by atoms with Crippen molar-refractivity contribution < 1.29 is 28.3 Å². The fraction of sp³-hybridized carbons (Fsp3) is 0.889. The fourth-order valence-corrected chi connectivity index (χ4v) is 10.9. The van der Waals surface area contributed by atoms with Crippen molar-refractivity contribution in [2.45, 2.75) is 83.4 Å². The van der Waals surface area contributed by atoms with Gasteiger partial charge in [-0.15, -0.1) is 0 Å². The molecule has 2 unspecified atom stereocenters. The number of ketones is 1. The maximum absolute atomic E-state index is 13.0. The quantitative estimate of drug-likeness (QED) is 0.264. The zero-order valence-corrected chi connectivity index (χ0v) is 24.3. The van der Waals surface area contributed by atoms with E-state index in [0.29, 0.717) is 41.2 Å². The minimum atomic E-state index is -3.76. The van der Waals surface area contributed by atoms with Crippen LogP contribution in [0, 0.1) is 28.6 Å². The second-order valence-corrected chi connectivity index (χ2v) is 16.9. The van der Waals surface area contributed by atoms with Crippen LogP contribution in [0.1, 0.15) is 72.1 Å². The predicted molar refractivity (Wildman–Crippen MR) is 141 cm³/mol. The number of Topliss-reactive ketones (excluding diaryl/α,β-unsaturated/α-hetero) is 1. The van der Waals surface area contributed by atoms with Crippen LogP contribution in [0.4, 0.5) is 0 Å². The molecule has 0 radical (unpaired) electrons. The predicted octanol–water partition coefficient (Wildman–Crippen LogP) is 4.78. The van der Waals surface area contributed by atoms with Crippen LogP contribution in [0.25, 0.3) is 0 Å². The molecule has 0 saturated heterocycles. The van der Waals surface area contributed by atoms with Gasteiger partial charge in [0, 0.05) is 18.4 Å². The molecule has 0 aromatic rings. The lowest BCUT2D eigenvalue weighted by Crippen LogP contribution is -2.50. The molecule has 35 heavy (non-hydrogen) atoms. The minimum Gasteiger partial charge on any atom is -0.622 e. The van der Waals surface area contributed by atoms with Crippen molar-refractivity contribution in [3.05, 3.63) is 11.6 Å². The number of hydrogen-bond donors (Lipinski definition) is 1.